The molecule has 4 aromatic rings. The molecule has 4 rings (SSSR count). The van der Waals surface area contributed by atoms with E-state index in [4.69, 9.17) is 0 Å². The van der Waals surface area contributed by atoms with Gasteiger partial charge in [0.2, 0.25) is 0 Å². The van der Waals surface area contributed by atoms with Crippen molar-refractivity contribution in [3.63, 3.8) is 0 Å². The Balaban J connectivity index is 1.30. The number of para-hydroxylation sites is 2. The van der Waals surface area contributed by atoms with Crippen LogP contribution in [0.4, 0.5) is 0 Å². The van der Waals surface area contributed by atoms with Crippen LogP contribution in [0, 0.1) is 0 Å². The molecular weight excluding hydrogens is 460 g/mol. The van der Waals surface area contributed by atoms with E-state index in [2.05, 4.69) is 20.8 Å². The molecule has 0 atom stereocenters. The second kappa shape index (κ2) is 9.47. The smallest absolute Gasteiger partial charge is 0.269 e. The number of fused-ring (bicyclic) bond motifs is 1. The van der Waals surface area contributed by atoms with Crippen molar-refractivity contribution in [2.24, 2.45) is 0 Å². The van der Waals surface area contributed by atoms with Crippen molar-refractivity contribution in [2.75, 3.05) is 6.26 Å². The van der Waals surface area contributed by atoms with Crippen LogP contribution in [0.15, 0.2) is 82.8 Å². The Kier molecular flexibility index (Phi) is 6.47. The third kappa shape index (κ3) is 5.60. The van der Waals surface area contributed by atoms with Gasteiger partial charge < -0.3 is 4.98 Å². The van der Waals surface area contributed by atoms with Gasteiger partial charge in [-0.3, -0.25) is 20.4 Å². The first-order valence-electron chi connectivity index (χ1n) is 9.87. The van der Waals surface area contributed by atoms with Gasteiger partial charge in [-0.05, 0) is 54.1 Å². The van der Waals surface area contributed by atoms with Gasteiger partial charge in [0, 0.05) is 23.1 Å². The van der Waals surface area contributed by atoms with Crippen molar-refractivity contribution in [1.29, 1.82) is 0 Å². The number of hydrogen-bond acceptors (Lipinski definition) is 6. The van der Waals surface area contributed by atoms with Crippen LogP contribution in [0.25, 0.3) is 11.0 Å². The Hall–Kier alpha value is -3.63. The second-order valence-corrected chi connectivity index (χ2v) is 10.2. The Morgan fingerprint density at radius 3 is 2.03 bits per heavy atom. The van der Waals surface area contributed by atoms with E-state index in [9.17, 15) is 18.0 Å². The van der Waals surface area contributed by atoms with E-state index in [1.807, 2.05) is 36.4 Å². The minimum Gasteiger partial charge on any atom is -0.333 e. The highest BCUT2D eigenvalue weighted by atomic mass is 32.2. The zero-order valence-electron chi connectivity index (χ0n) is 17.5. The number of thioether (sulfide) groups is 1. The van der Waals surface area contributed by atoms with Gasteiger partial charge in [-0.25, -0.2) is 13.4 Å². The standard InChI is InChI=1S/C23H20N4O4S2/c1-33(30,31)18-12-10-17(11-13-18)22(29)27-26-21(28)16-8-6-15(7-9-16)14-32-23-24-19-4-2-3-5-20(19)25-23/h2-13H,14H2,1H3,(H,24,25)(H,26,28)(H,27,29). The predicted octanol–water partition coefficient (Wildman–Crippen LogP) is 3.33. The zero-order valence-corrected chi connectivity index (χ0v) is 19.2. The van der Waals surface area contributed by atoms with E-state index in [-0.39, 0.29) is 10.5 Å². The van der Waals surface area contributed by atoms with Crippen LogP contribution in [0.3, 0.4) is 0 Å². The minimum absolute atomic E-state index is 0.113. The van der Waals surface area contributed by atoms with Gasteiger partial charge in [-0.1, -0.05) is 36.0 Å². The number of H-pyrrole nitrogens is 1. The highest BCUT2D eigenvalue weighted by molar-refractivity contribution is 7.98. The lowest BCUT2D eigenvalue weighted by atomic mass is 10.1. The summed E-state index contributed by atoms with van der Waals surface area (Å²) in [5, 5.41) is 0.824. The number of carbonyl (C=O) groups is 2. The molecule has 2 amide bonds. The second-order valence-electron chi connectivity index (χ2n) is 7.25. The van der Waals surface area contributed by atoms with Gasteiger partial charge >= 0.3 is 0 Å². The molecule has 1 heterocycles. The fourth-order valence-electron chi connectivity index (χ4n) is 3.01. The predicted molar refractivity (Wildman–Crippen MR) is 127 cm³/mol. The fraction of sp³-hybridized carbons (Fsp3) is 0.0870. The third-order valence-electron chi connectivity index (χ3n) is 4.79. The van der Waals surface area contributed by atoms with Crippen LogP contribution >= 0.6 is 11.8 Å². The van der Waals surface area contributed by atoms with E-state index in [1.165, 1.54) is 24.3 Å². The van der Waals surface area contributed by atoms with Gasteiger partial charge in [0.15, 0.2) is 15.0 Å². The first-order valence-corrected chi connectivity index (χ1v) is 12.7. The summed E-state index contributed by atoms with van der Waals surface area (Å²) in [6.45, 7) is 0. The van der Waals surface area contributed by atoms with Gasteiger partial charge in [-0.2, -0.15) is 0 Å². The van der Waals surface area contributed by atoms with Crippen molar-refractivity contribution in [3.05, 3.63) is 89.5 Å². The molecule has 33 heavy (non-hydrogen) atoms. The Morgan fingerprint density at radius 2 is 1.45 bits per heavy atom. The summed E-state index contributed by atoms with van der Waals surface area (Å²) in [5.41, 5.74) is 8.22. The summed E-state index contributed by atoms with van der Waals surface area (Å²) in [4.78, 5) is 32.4. The topological polar surface area (TPSA) is 121 Å². The summed E-state index contributed by atoms with van der Waals surface area (Å²) in [6.07, 6.45) is 1.09. The molecule has 0 bridgehead atoms. The number of benzene rings is 3. The van der Waals surface area contributed by atoms with Crippen molar-refractivity contribution < 1.29 is 18.0 Å². The van der Waals surface area contributed by atoms with Crippen LogP contribution in [0.2, 0.25) is 0 Å². The van der Waals surface area contributed by atoms with E-state index < -0.39 is 21.7 Å². The first kappa shape index (κ1) is 22.6. The summed E-state index contributed by atoms with van der Waals surface area (Å²) in [7, 11) is -3.35. The maximum atomic E-state index is 12.3. The molecule has 0 unspecified atom stereocenters. The zero-order chi connectivity index (χ0) is 23.4. The highest BCUT2D eigenvalue weighted by Gasteiger charge is 2.12. The SMILES string of the molecule is CS(=O)(=O)c1ccc(C(=O)NNC(=O)c2ccc(CSc3nc4ccccc4[nH]3)cc2)cc1. The summed E-state index contributed by atoms with van der Waals surface area (Å²) < 4.78 is 23.0. The van der Waals surface area contributed by atoms with Crippen molar-refractivity contribution in [2.45, 2.75) is 15.8 Å². The molecule has 3 N–H and O–H groups in total. The molecule has 1 aromatic heterocycles. The average molecular weight is 481 g/mol. The molecule has 0 saturated carbocycles. The number of nitrogens with one attached hydrogen (secondary N) is 3. The number of nitrogens with zero attached hydrogens (tertiary/aromatic N) is 1. The maximum absolute atomic E-state index is 12.3. The number of hydrogen-bond donors (Lipinski definition) is 3. The quantitative estimate of drug-likeness (QED) is 0.288. The molecule has 168 valence electrons. The summed E-state index contributed by atoms with van der Waals surface area (Å²) in [5.74, 6) is -0.336. The molecule has 0 aliphatic carbocycles. The number of hydrazine groups is 1. The van der Waals surface area contributed by atoms with E-state index in [0.29, 0.717) is 11.3 Å². The molecule has 8 nitrogen and oxygen atoms in total. The normalized spacial score (nSPS) is 11.3. The molecule has 3 aromatic carbocycles. The number of carbonyl (C=O) groups excluding carboxylic acids is 2. The lowest BCUT2D eigenvalue weighted by molar-refractivity contribution is 0.0846. The molecule has 0 aliphatic heterocycles. The molecule has 10 heteroatoms. The van der Waals surface area contributed by atoms with Gasteiger partial charge in [0.25, 0.3) is 11.8 Å². The molecular formula is C23H20N4O4S2. The van der Waals surface area contributed by atoms with E-state index in [0.717, 1.165) is 28.0 Å². The van der Waals surface area contributed by atoms with Gasteiger partial charge in [0.05, 0.1) is 15.9 Å². The molecule has 0 spiro atoms. The average Bonchev–Trinajstić information content (AvgIpc) is 3.24. The number of rotatable bonds is 6. The van der Waals surface area contributed by atoms with Crippen LogP contribution in [0.5, 0.6) is 0 Å². The van der Waals surface area contributed by atoms with Crippen molar-refractivity contribution in [1.82, 2.24) is 20.8 Å². The number of aromatic amines is 1. The van der Waals surface area contributed by atoms with Crippen molar-refractivity contribution >= 4 is 44.4 Å². The lowest BCUT2D eigenvalue weighted by Gasteiger charge is -2.08. The maximum Gasteiger partial charge on any atom is 0.269 e. The number of aromatic nitrogens is 2. The Morgan fingerprint density at radius 1 is 0.879 bits per heavy atom. The molecule has 0 aliphatic rings. The molecule has 0 radical (unpaired) electrons. The minimum atomic E-state index is -3.35. The van der Waals surface area contributed by atoms with E-state index in [1.54, 1.807) is 23.9 Å². The largest absolute Gasteiger partial charge is 0.333 e. The Labute approximate surface area is 194 Å². The van der Waals surface area contributed by atoms with Crippen LogP contribution in [-0.2, 0) is 15.6 Å². The fourth-order valence-corrected chi connectivity index (χ4v) is 4.48. The van der Waals surface area contributed by atoms with Crippen molar-refractivity contribution in [3.8, 4) is 0 Å². The number of amides is 2. The highest BCUT2D eigenvalue weighted by Crippen LogP contribution is 2.23. The van der Waals surface area contributed by atoms with Gasteiger partial charge in [-0.15, -0.1) is 0 Å². The molecule has 0 fully saturated rings. The monoisotopic (exact) mass is 480 g/mol. The summed E-state index contributed by atoms with van der Waals surface area (Å²) >= 11 is 1.57. The van der Waals surface area contributed by atoms with Gasteiger partial charge in [0.1, 0.15) is 0 Å². The van der Waals surface area contributed by atoms with Crippen LogP contribution in [-0.4, -0.2) is 36.5 Å². The number of sulfone groups is 1. The summed E-state index contributed by atoms with van der Waals surface area (Å²) in [6, 6.07) is 20.3. The Bertz CT molecular complexity index is 1380. The third-order valence-corrected chi connectivity index (χ3v) is 6.87. The van der Waals surface area contributed by atoms with Crippen LogP contribution in [0.1, 0.15) is 26.3 Å². The van der Waals surface area contributed by atoms with E-state index >= 15 is 0 Å². The number of imidazole rings is 1. The van der Waals surface area contributed by atoms with Crippen LogP contribution < -0.4 is 10.9 Å². The molecule has 0 saturated heterocycles. The lowest BCUT2D eigenvalue weighted by Crippen LogP contribution is -2.41. The first-order chi connectivity index (χ1) is 15.8.